The van der Waals surface area contributed by atoms with Crippen LogP contribution in [0.1, 0.15) is 23.7 Å². The minimum atomic E-state index is -0.271. The fraction of sp³-hybridized carbons (Fsp3) is 0.267. The highest BCUT2D eigenvalue weighted by molar-refractivity contribution is 9.10. The van der Waals surface area contributed by atoms with E-state index in [0.717, 1.165) is 10.0 Å². The third kappa shape index (κ3) is 4.92. The SMILES string of the molecule is CCOC(=O)Cc1csc(NN=Cc2ccc(C)c(Br)c2)n1. The Balaban J connectivity index is 1.91. The molecule has 1 heterocycles. The number of halogens is 1. The summed E-state index contributed by atoms with van der Waals surface area (Å²) in [5.41, 5.74) is 5.70. The Morgan fingerprint density at radius 2 is 2.36 bits per heavy atom. The Morgan fingerprint density at radius 1 is 1.55 bits per heavy atom. The van der Waals surface area contributed by atoms with Crippen molar-refractivity contribution in [3.8, 4) is 0 Å². The van der Waals surface area contributed by atoms with Gasteiger partial charge in [-0.15, -0.1) is 11.3 Å². The van der Waals surface area contributed by atoms with Crippen molar-refractivity contribution in [2.45, 2.75) is 20.3 Å². The molecule has 0 unspecified atom stereocenters. The number of aryl methyl sites for hydroxylation is 1. The van der Waals surface area contributed by atoms with E-state index < -0.39 is 0 Å². The average Bonchev–Trinajstić information content (AvgIpc) is 2.90. The van der Waals surface area contributed by atoms with Gasteiger partial charge in [-0.2, -0.15) is 5.10 Å². The molecule has 5 nitrogen and oxygen atoms in total. The average molecular weight is 382 g/mol. The Morgan fingerprint density at radius 3 is 3.09 bits per heavy atom. The summed E-state index contributed by atoms with van der Waals surface area (Å²) in [5, 5.41) is 6.60. The number of esters is 1. The number of aromatic nitrogens is 1. The van der Waals surface area contributed by atoms with E-state index in [0.29, 0.717) is 17.4 Å². The number of carbonyl (C=O) groups excluding carboxylic acids is 1. The van der Waals surface area contributed by atoms with Gasteiger partial charge in [-0.25, -0.2) is 4.98 Å². The first kappa shape index (κ1) is 16.6. The third-order valence-corrected chi connectivity index (χ3v) is 4.40. The van der Waals surface area contributed by atoms with Crippen LogP contribution >= 0.6 is 27.3 Å². The van der Waals surface area contributed by atoms with E-state index in [1.807, 2.05) is 30.5 Å². The predicted octanol–water partition coefficient (Wildman–Crippen LogP) is 3.77. The van der Waals surface area contributed by atoms with E-state index in [1.54, 1.807) is 13.1 Å². The second-order valence-corrected chi connectivity index (χ2v) is 6.22. The van der Waals surface area contributed by atoms with Gasteiger partial charge in [0.25, 0.3) is 0 Å². The van der Waals surface area contributed by atoms with Gasteiger partial charge >= 0.3 is 5.97 Å². The zero-order valence-electron chi connectivity index (χ0n) is 12.3. The highest BCUT2D eigenvalue weighted by Crippen LogP contribution is 2.18. The molecule has 0 aliphatic rings. The molecule has 0 atom stereocenters. The molecule has 1 N–H and O–H groups in total. The molecule has 2 rings (SSSR count). The molecule has 0 saturated heterocycles. The van der Waals surface area contributed by atoms with Crippen LogP contribution < -0.4 is 5.43 Å². The number of benzene rings is 1. The number of hydrazone groups is 1. The number of ether oxygens (including phenoxy) is 1. The summed E-state index contributed by atoms with van der Waals surface area (Å²) in [4.78, 5) is 15.6. The largest absolute Gasteiger partial charge is 0.466 e. The molecule has 0 fully saturated rings. The van der Waals surface area contributed by atoms with Gasteiger partial charge in [-0.1, -0.05) is 28.1 Å². The van der Waals surface area contributed by atoms with Crippen molar-refractivity contribution in [3.05, 3.63) is 44.9 Å². The molecule has 0 aliphatic carbocycles. The number of carbonyl (C=O) groups is 1. The zero-order chi connectivity index (χ0) is 15.9. The summed E-state index contributed by atoms with van der Waals surface area (Å²) in [5.74, 6) is -0.271. The lowest BCUT2D eigenvalue weighted by atomic mass is 10.2. The standard InChI is InChI=1S/C15H16BrN3O2S/c1-3-21-14(20)7-12-9-22-15(18-12)19-17-8-11-5-4-10(2)13(16)6-11/h4-6,8-9H,3,7H2,1-2H3,(H,18,19). The summed E-state index contributed by atoms with van der Waals surface area (Å²) in [6.45, 7) is 4.19. The molecule has 7 heteroatoms. The van der Waals surface area contributed by atoms with E-state index in [1.165, 1.54) is 16.9 Å². The van der Waals surface area contributed by atoms with E-state index >= 15 is 0 Å². The van der Waals surface area contributed by atoms with Crippen LogP contribution in [0, 0.1) is 6.92 Å². The molecule has 1 aromatic heterocycles. The van der Waals surface area contributed by atoms with Gasteiger partial charge in [0.2, 0.25) is 5.13 Å². The van der Waals surface area contributed by atoms with Gasteiger partial charge in [0.05, 0.1) is 24.9 Å². The van der Waals surface area contributed by atoms with Gasteiger partial charge < -0.3 is 4.74 Å². The van der Waals surface area contributed by atoms with Gasteiger partial charge in [0, 0.05) is 9.85 Å². The molecule has 1 aromatic carbocycles. The Bertz CT molecular complexity index is 685. The summed E-state index contributed by atoms with van der Waals surface area (Å²) in [6.07, 6.45) is 1.90. The molecule has 0 saturated carbocycles. The van der Waals surface area contributed by atoms with Crippen molar-refractivity contribution >= 4 is 44.6 Å². The van der Waals surface area contributed by atoms with E-state index in [2.05, 4.69) is 31.4 Å². The van der Waals surface area contributed by atoms with Crippen LogP contribution in [-0.2, 0) is 16.0 Å². The minimum Gasteiger partial charge on any atom is -0.466 e. The maximum absolute atomic E-state index is 11.4. The van der Waals surface area contributed by atoms with Crippen LogP contribution in [0.15, 0.2) is 33.2 Å². The maximum atomic E-state index is 11.4. The second-order valence-electron chi connectivity index (χ2n) is 4.50. The minimum absolute atomic E-state index is 0.181. The van der Waals surface area contributed by atoms with E-state index in [4.69, 9.17) is 4.74 Å². The highest BCUT2D eigenvalue weighted by atomic mass is 79.9. The quantitative estimate of drug-likeness (QED) is 0.469. The fourth-order valence-electron chi connectivity index (χ4n) is 1.65. The van der Waals surface area contributed by atoms with Gasteiger partial charge in [-0.05, 0) is 31.0 Å². The van der Waals surface area contributed by atoms with Crippen molar-refractivity contribution in [1.82, 2.24) is 4.98 Å². The number of rotatable bonds is 6. The van der Waals surface area contributed by atoms with Gasteiger partial charge in [-0.3, -0.25) is 10.2 Å². The first-order chi connectivity index (χ1) is 10.6. The lowest BCUT2D eigenvalue weighted by Gasteiger charge is -1.99. The number of hydrogen-bond donors (Lipinski definition) is 1. The van der Waals surface area contributed by atoms with E-state index in [-0.39, 0.29) is 12.4 Å². The summed E-state index contributed by atoms with van der Waals surface area (Å²) >= 11 is 4.88. The van der Waals surface area contributed by atoms with Crippen LogP contribution in [0.2, 0.25) is 0 Å². The van der Waals surface area contributed by atoms with Crippen molar-refractivity contribution in [2.75, 3.05) is 12.0 Å². The lowest BCUT2D eigenvalue weighted by molar-refractivity contribution is -0.142. The van der Waals surface area contributed by atoms with E-state index in [9.17, 15) is 4.79 Å². The molecular formula is C15H16BrN3O2S. The third-order valence-electron chi connectivity index (χ3n) is 2.75. The van der Waals surface area contributed by atoms with Crippen LogP contribution in [-0.4, -0.2) is 23.8 Å². The molecule has 0 spiro atoms. The number of nitrogens with zero attached hydrogens (tertiary/aromatic N) is 2. The molecule has 2 aromatic rings. The summed E-state index contributed by atoms with van der Waals surface area (Å²) in [6, 6.07) is 6.00. The number of hydrogen-bond acceptors (Lipinski definition) is 6. The molecule has 0 radical (unpaired) electrons. The predicted molar refractivity (Wildman–Crippen MR) is 92.5 cm³/mol. The first-order valence-corrected chi connectivity index (χ1v) is 8.41. The molecule has 22 heavy (non-hydrogen) atoms. The summed E-state index contributed by atoms with van der Waals surface area (Å²) in [7, 11) is 0. The van der Waals surface area contributed by atoms with Crippen molar-refractivity contribution in [1.29, 1.82) is 0 Å². The monoisotopic (exact) mass is 381 g/mol. The van der Waals surface area contributed by atoms with Crippen molar-refractivity contribution in [3.63, 3.8) is 0 Å². The molecule has 116 valence electrons. The van der Waals surface area contributed by atoms with Crippen LogP contribution in [0.4, 0.5) is 5.13 Å². The fourth-order valence-corrected chi connectivity index (χ4v) is 2.71. The second kappa shape index (κ2) is 8.05. The topological polar surface area (TPSA) is 63.6 Å². The smallest absolute Gasteiger partial charge is 0.311 e. The Labute approximate surface area is 141 Å². The Hall–Kier alpha value is -1.73. The number of anilines is 1. The number of thiazole rings is 1. The Kier molecular flexibility index (Phi) is 6.09. The molecule has 0 amide bonds. The zero-order valence-corrected chi connectivity index (χ0v) is 14.7. The van der Waals surface area contributed by atoms with Crippen LogP contribution in [0.3, 0.4) is 0 Å². The number of nitrogens with one attached hydrogen (secondary N) is 1. The summed E-state index contributed by atoms with van der Waals surface area (Å²) < 4.78 is 5.93. The van der Waals surface area contributed by atoms with Gasteiger partial charge in [0.15, 0.2) is 0 Å². The lowest BCUT2D eigenvalue weighted by Crippen LogP contribution is -2.07. The molecule has 0 aliphatic heterocycles. The highest BCUT2D eigenvalue weighted by Gasteiger charge is 2.07. The van der Waals surface area contributed by atoms with Crippen molar-refractivity contribution < 1.29 is 9.53 Å². The van der Waals surface area contributed by atoms with Crippen LogP contribution in [0.5, 0.6) is 0 Å². The van der Waals surface area contributed by atoms with Crippen molar-refractivity contribution in [2.24, 2.45) is 5.10 Å². The molecule has 0 bridgehead atoms. The van der Waals surface area contributed by atoms with Gasteiger partial charge in [0.1, 0.15) is 0 Å². The van der Waals surface area contributed by atoms with Crippen LogP contribution in [0.25, 0.3) is 0 Å². The molecular weight excluding hydrogens is 366 g/mol. The maximum Gasteiger partial charge on any atom is 0.311 e. The first-order valence-electron chi connectivity index (χ1n) is 6.73. The normalized spacial score (nSPS) is 10.9.